The maximum absolute atomic E-state index is 5.75. The number of aryl methyl sites for hydroxylation is 1. The van der Waals surface area contributed by atoms with Gasteiger partial charge in [0.1, 0.15) is 0 Å². The van der Waals surface area contributed by atoms with E-state index in [4.69, 9.17) is 5.73 Å². The Balaban J connectivity index is 1.68. The Hall–Kier alpha value is -1.97. The van der Waals surface area contributed by atoms with E-state index in [2.05, 4.69) is 40.6 Å². The topological polar surface area (TPSA) is 47.1 Å². The third-order valence-corrected chi connectivity index (χ3v) is 4.38. The fraction of sp³-hybridized carbons (Fsp3) is 0.438. The Morgan fingerprint density at radius 2 is 1.80 bits per heavy atom. The zero-order chi connectivity index (χ0) is 14.1. The highest BCUT2D eigenvalue weighted by molar-refractivity contribution is 5.41. The monoisotopic (exact) mass is 270 g/mol. The standard InChI is InChI=1S/C16H22N4/c1-12-11-18-16(19(12)2)20-9-7-14(8-10-20)13-3-5-15(17)6-4-13/h3-6,11,14H,7-10,17H2,1-2H3. The molecule has 2 N–H and O–H groups in total. The Bertz CT molecular complexity index is 577. The summed E-state index contributed by atoms with van der Waals surface area (Å²) in [5.41, 5.74) is 9.22. The molecule has 4 heteroatoms. The van der Waals surface area contributed by atoms with Gasteiger partial charge in [-0.25, -0.2) is 4.98 Å². The highest BCUT2D eigenvalue weighted by atomic mass is 15.3. The van der Waals surface area contributed by atoms with E-state index in [1.165, 1.54) is 24.1 Å². The summed E-state index contributed by atoms with van der Waals surface area (Å²) in [6.07, 6.45) is 4.30. The van der Waals surface area contributed by atoms with Gasteiger partial charge in [0.25, 0.3) is 0 Å². The first-order chi connectivity index (χ1) is 9.65. The van der Waals surface area contributed by atoms with Crippen LogP contribution in [-0.2, 0) is 7.05 Å². The lowest BCUT2D eigenvalue weighted by Gasteiger charge is -2.33. The van der Waals surface area contributed by atoms with Crippen LogP contribution in [0.25, 0.3) is 0 Å². The van der Waals surface area contributed by atoms with E-state index < -0.39 is 0 Å². The van der Waals surface area contributed by atoms with Crippen LogP contribution in [0.5, 0.6) is 0 Å². The molecule has 1 aliphatic rings. The summed E-state index contributed by atoms with van der Waals surface area (Å²) < 4.78 is 2.17. The summed E-state index contributed by atoms with van der Waals surface area (Å²) in [6, 6.07) is 8.34. The molecule has 1 aromatic heterocycles. The number of aromatic nitrogens is 2. The fourth-order valence-electron chi connectivity index (χ4n) is 2.96. The molecule has 0 atom stereocenters. The Kier molecular flexibility index (Phi) is 3.38. The van der Waals surface area contributed by atoms with Crippen molar-refractivity contribution in [1.29, 1.82) is 0 Å². The highest BCUT2D eigenvalue weighted by Crippen LogP contribution is 2.30. The third kappa shape index (κ3) is 2.38. The Morgan fingerprint density at radius 1 is 1.15 bits per heavy atom. The number of hydrogen-bond donors (Lipinski definition) is 1. The lowest BCUT2D eigenvalue weighted by Crippen LogP contribution is -2.34. The van der Waals surface area contributed by atoms with Gasteiger partial charge in [-0.2, -0.15) is 0 Å². The Labute approximate surface area is 120 Å². The van der Waals surface area contributed by atoms with Gasteiger partial charge in [-0.15, -0.1) is 0 Å². The second kappa shape index (κ2) is 5.19. The first kappa shape index (κ1) is 13.0. The SMILES string of the molecule is Cc1cnc(N2CCC(c3ccc(N)cc3)CC2)n1C. The zero-order valence-electron chi connectivity index (χ0n) is 12.2. The summed E-state index contributed by atoms with van der Waals surface area (Å²) in [5, 5.41) is 0. The first-order valence-corrected chi connectivity index (χ1v) is 7.24. The minimum atomic E-state index is 0.646. The number of imidazole rings is 1. The highest BCUT2D eigenvalue weighted by Gasteiger charge is 2.23. The van der Waals surface area contributed by atoms with Gasteiger partial charge >= 0.3 is 0 Å². The number of piperidine rings is 1. The Morgan fingerprint density at radius 3 is 2.35 bits per heavy atom. The van der Waals surface area contributed by atoms with Crippen molar-refractivity contribution >= 4 is 11.6 Å². The number of hydrogen-bond acceptors (Lipinski definition) is 3. The second-order valence-electron chi connectivity index (χ2n) is 5.69. The molecule has 1 aromatic carbocycles. The van der Waals surface area contributed by atoms with Crippen LogP contribution in [-0.4, -0.2) is 22.6 Å². The number of benzene rings is 1. The van der Waals surface area contributed by atoms with Gasteiger partial charge in [0, 0.05) is 31.5 Å². The van der Waals surface area contributed by atoms with Gasteiger partial charge in [-0.05, 0) is 43.4 Å². The molecule has 106 valence electrons. The average molecular weight is 270 g/mol. The van der Waals surface area contributed by atoms with Crippen molar-refractivity contribution in [3.63, 3.8) is 0 Å². The van der Waals surface area contributed by atoms with Crippen LogP contribution in [0.3, 0.4) is 0 Å². The van der Waals surface area contributed by atoms with Gasteiger partial charge in [0.05, 0.1) is 6.20 Å². The van der Waals surface area contributed by atoms with Crippen molar-refractivity contribution in [3.8, 4) is 0 Å². The van der Waals surface area contributed by atoms with Gasteiger partial charge in [0.15, 0.2) is 0 Å². The van der Waals surface area contributed by atoms with Crippen LogP contribution in [0.15, 0.2) is 30.5 Å². The van der Waals surface area contributed by atoms with Crippen LogP contribution in [0.2, 0.25) is 0 Å². The summed E-state index contributed by atoms with van der Waals surface area (Å²) in [7, 11) is 2.09. The molecule has 1 saturated heterocycles. The number of nitrogens with zero attached hydrogens (tertiary/aromatic N) is 3. The lowest BCUT2D eigenvalue weighted by molar-refractivity contribution is 0.496. The van der Waals surface area contributed by atoms with E-state index in [1.54, 1.807) is 0 Å². The van der Waals surface area contributed by atoms with Gasteiger partial charge < -0.3 is 15.2 Å². The summed E-state index contributed by atoms with van der Waals surface area (Å²) >= 11 is 0. The van der Waals surface area contributed by atoms with Crippen molar-refractivity contribution in [3.05, 3.63) is 41.7 Å². The molecule has 0 aliphatic carbocycles. The van der Waals surface area contributed by atoms with E-state index in [9.17, 15) is 0 Å². The van der Waals surface area contributed by atoms with Gasteiger partial charge in [-0.3, -0.25) is 0 Å². The van der Waals surface area contributed by atoms with Crippen LogP contribution >= 0.6 is 0 Å². The zero-order valence-corrected chi connectivity index (χ0v) is 12.2. The predicted molar refractivity (Wildman–Crippen MR) is 83.0 cm³/mol. The molecular formula is C16H22N4. The van der Waals surface area contributed by atoms with E-state index in [1.807, 2.05) is 18.3 Å². The van der Waals surface area contributed by atoms with Crippen LogP contribution in [0, 0.1) is 6.92 Å². The smallest absolute Gasteiger partial charge is 0.205 e. The summed E-state index contributed by atoms with van der Waals surface area (Å²) in [6.45, 7) is 4.23. The quantitative estimate of drug-likeness (QED) is 0.853. The molecule has 4 nitrogen and oxygen atoms in total. The van der Waals surface area contributed by atoms with E-state index in [0.717, 1.165) is 24.7 Å². The molecule has 2 heterocycles. The van der Waals surface area contributed by atoms with Crippen LogP contribution < -0.4 is 10.6 Å². The number of nitrogen functional groups attached to an aromatic ring is 1. The largest absolute Gasteiger partial charge is 0.399 e. The molecule has 1 fully saturated rings. The average Bonchev–Trinajstić information content (AvgIpc) is 2.80. The predicted octanol–water partition coefficient (Wildman–Crippen LogP) is 2.69. The van der Waals surface area contributed by atoms with Crippen molar-refractivity contribution < 1.29 is 0 Å². The molecule has 0 spiro atoms. The number of rotatable bonds is 2. The van der Waals surface area contributed by atoms with Crippen LogP contribution in [0.1, 0.15) is 30.0 Å². The van der Waals surface area contributed by atoms with E-state index in [-0.39, 0.29) is 0 Å². The van der Waals surface area contributed by atoms with Crippen LogP contribution in [0.4, 0.5) is 11.6 Å². The molecule has 1 aliphatic heterocycles. The molecular weight excluding hydrogens is 248 g/mol. The molecule has 3 rings (SSSR count). The molecule has 0 unspecified atom stereocenters. The normalized spacial score (nSPS) is 16.6. The summed E-state index contributed by atoms with van der Waals surface area (Å²) in [4.78, 5) is 6.91. The van der Waals surface area contributed by atoms with Crippen molar-refractivity contribution in [2.24, 2.45) is 7.05 Å². The van der Waals surface area contributed by atoms with E-state index in [0.29, 0.717) is 5.92 Å². The molecule has 0 bridgehead atoms. The second-order valence-corrected chi connectivity index (χ2v) is 5.69. The minimum absolute atomic E-state index is 0.646. The third-order valence-electron chi connectivity index (χ3n) is 4.38. The van der Waals surface area contributed by atoms with Crippen molar-refractivity contribution in [2.75, 3.05) is 23.7 Å². The first-order valence-electron chi connectivity index (χ1n) is 7.24. The maximum atomic E-state index is 5.75. The van der Waals surface area contributed by atoms with E-state index >= 15 is 0 Å². The molecule has 2 aromatic rings. The van der Waals surface area contributed by atoms with Crippen molar-refractivity contribution in [1.82, 2.24) is 9.55 Å². The molecule has 0 saturated carbocycles. The number of anilines is 2. The number of nitrogens with two attached hydrogens (primary N) is 1. The maximum Gasteiger partial charge on any atom is 0.205 e. The minimum Gasteiger partial charge on any atom is -0.399 e. The summed E-state index contributed by atoms with van der Waals surface area (Å²) in [5.74, 6) is 1.74. The molecule has 0 amide bonds. The molecule has 0 radical (unpaired) electrons. The van der Waals surface area contributed by atoms with Gasteiger partial charge in [0.2, 0.25) is 5.95 Å². The van der Waals surface area contributed by atoms with Gasteiger partial charge in [-0.1, -0.05) is 12.1 Å². The molecule has 20 heavy (non-hydrogen) atoms. The van der Waals surface area contributed by atoms with Crippen molar-refractivity contribution in [2.45, 2.75) is 25.7 Å². The fourth-order valence-corrected chi connectivity index (χ4v) is 2.96. The lowest BCUT2D eigenvalue weighted by atomic mass is 9.89.